The maximum absolute atomic E-state index is 13.6. The molecule has 0 atom stereocenters. The van der Waals surface area contributed by atoms with E-state index in [4.69, 9.17) is 14.3 Å². The highest BCUT2D eigenvalue weighted by molar-refractivity contribution is 9.10. The van der Waals surface area contributed by atoms with Gasteiger partial charge in [-0.25, -0.2) is 13.6 Å². The number of anilines is 1. The molecule has 240 valence electrons. The van der Waals surface area contributed by atoms with Gasteiger partial charge in [-0.1, -0.05) is 28.1 Å². The number of nitro groups is 1. The van der Waals surface area contributed by atoms with Gasteiger partial charge in [0, 0.05) is 33.4 Å². The summed E-state index contributed by atoms with van der Waals surface area (Å²) in [7, 11) is -3.87. The lowest BCUT2D eigenvalue weighted by atomic mass is 10.2. The van der Waals surface area contributed by atoms with Crippen molar-refractivity contribution in [1.29, 1.82) is 0 Å². The van der Waals surface area contributed by atoms with E-state index in [0.29, 0.717) is 32.8 Å². The molecular weight excluding hydrogens is 716 g/mol. The first-order valence-corrected chi connectivity index (χ1v) is 16.6. The Morgan fingerprint density at radius 3 is 2.62 bits per heavy atom. The zero-order valence-electron chi connectivity index (χ0n) is 24.0. The monoisotopic (exact) mass is 738 g/mol. The molecule has 3 N–H and O–H groups in total. The van der Waals surface area contributed by atoms with Crippen molar-refractivity contribution >= 4 is 78.4 Å². The second kappa shape index (κ2) is 14.5. The van der Waals surface area contributed by atoms with Crippen molar-refractivity contribution in [3.8, 4) is 5.75 Å². The number of furan rings is 1. The highest BCUT2D eigenvalue weighted by Crippen LogP contribution is 2.36. The molecule has 2 heterocycles. The first-order chi connectivity index (χ1) is 22.5. The minimum absolute atomic E-state index is 0.0710. The highest BCUT2D eigenvalue weighted by atomic mass is 79.9. The zero-order valence-corrected chi connectivity index (χ0v) is 27.2. The van der Waals surface area contributed by atoms with Crippen molar-refractivity contribution < 1.29 is 32.1 Å². The molecule has 2 amide bonds. The number of carbonyl (C=O) groups is 2. The topological polar surface area (TPSA) is 200 Å². The van der Waals surface area contributed by atoms with Crippen LogP contribution in [0.1, 0.15) is 16.9 Å². The number of nitrogens with zero attached hydrogens (tertiary/aromatic N) is 4. The van der Waals surface area contributed by atoms with Gasteiger partial charge in [0.25, 0.3) is 17.5 Å². The fraction of sp³-hybridized carbons (Fsp3) is 0.0667. The van der Waals surface area contributed by atoms with E-state index in [-0.39, 0.29) is 39.7 Å². The molecule has 0 radical (unpaired) electrons. The predicted molar refractivity (Wildman–Crippen MR) is 179 cm³/mol. The molecule has 17 heteroatoms. The highest BCUT2D eigenvalue weighted by Gasteiger charge is 2.34. The summed E-state index contributed by atoms with van der Waals surface area (Å²) in [5, 5.41) is 27.4. The Morgan fingerprint density at radius 1 is 1.13 bits per heavy atom. The Bertz CT molecular complexity index is 2030. The number of hydrogen-bond donors (Lipinski definition) is 2. The van der Waals surface area contributed by atoms with Gasteiger partial charge in [-0.2, -0.15) is 5.10 Å². The molecule has 0 bridgehead atoms. The summed E-state index contributed by atoms with van der Waals surface area (Å²) in [6.45, 7) is -0.318. The van der Waals surface area contributed by atoms with Crippen LogP contribution in [0, 0.1) is 10.1 Å². The summed E-state index contributed by atoms with van der Waals surface area (Å²) in [6, 6.07) is 19.7. The van der Waals surface area contributed by atoms with E-state index in [1.807, 2.05) is 0 Å². The fourth-order valence-corrected chi connectivity index (χ4v) is 5.94. The number of primary sulfonamides is 1. The normalized spacial score (nSPS) is 15.1. The number of nitro benzene ring substituents is 1. The molecule has 0 aliphatic carbocycles. The molecule has 3 aromatic carbocycles. The number of sulfonamides is 1. The lowest BCUT2D eigenvalue weighted by molar-refractivity contribution is -0.384. The van der Waals surface area contributed by atoms with Gasteiger partial charge in [-0.15, -0.1) is 5.10 Å². The quantitative estimate of drug-likeness (QED) is 0.0907. The largest absolute Gasteiger partial charge is 0.483 e. The summed E-state index contributed by atoms with van der Waals surface area (Å²) >= 11 is 4.48. The first-order valence-electron chi connectivity index (χ1n) is 13.4. The summed E-state index contributed by atoms with van der Waals surface area (Å²) in [6.07, 6.45) is 4.43. The number of ether oxygens (including phenoxy) is 1. The molecule has 14 nitrogen and oxygen atoms in total. The van der Waals surface area contributed by atoms with E-state index in [1.165, 1.54) is 59.8 Å². The number of carbonyl (C=O) groups excluding carboxylic acids is 2. The van der Waals surface area contributed by atoms with E-state index in [9.17, 15) is 28.1 Å². The second-order valence-electron chi connectivity index (χ2n) is 9.65. The Hall–Kier alpha value is -5.10. The average molecular weight is 740 g/mol. The lowest BCUT2D eigenvalue weighted by Gasteiger charge is -2.13. The third-order valence-electron chi connectivity index (χ3n) is 6.30. The van der Waals surface area contributed by atoms with Crippen molar-refractivity contribution in [2.24, 2.45) is 15.3 Å². The maximum Gasteiger partial charge on any atom is 0.270 e. The van der Waals surface area contributed by atoms with Crippen LogP contribution in [0.4, 0.5) is 11.4 Å². The van der Waals surface area contributed by atoms with Crippen LogP contribution in [-0.4, -0.2) is 48.0 Å². The van der Waals surface area contributed by atoms with Crippen LogP contribution in [0.25, 0.3) is 6.08 Å². The van der Waals surface area contributed by atoms with Gasteiger partial charge in [-0.3, -0.25) is 24.6 Å². The number of amides is 2. The predicted octanol–water partition coefficient (Wildman–Crippen LogP) is 5.12. The average Bonchev–Trinajstić information content (AvgIpc) is 3.65. The van der Waals surface area contributed by atoms with Gasteiger partial charge < -0.3 is 14.5 Å². The van der Waals surface area contributed by atoms with Gasteiger partial charge in [0.2, 0.25) is 10.0 Å². The fourth-order valence-electron chi connectivity index (χ4n) is 4.12. The summed E-state index contributed by atoms with van der Waals surface area (Å²) < 4.78 is 34.8. The van der Waals surface area contributed by atoms with Crippen molar-refractivity contribution in [2.75, 3.05) is 11.9 Å². The van der Waals surface area contributed by atoms with E-state index in [0.717, 1.165) is 11.8 Å². The van der Waals surface area contributed by atoms with Gasteiger partial charge in [-0.05, 0) is 72.4 Å². The Labute approximate surface area is 280 Å². The minimum atomic E-state index is -3.87. The van der Waals surface area contributed by atoms with Crippen LogP contribution in [0.15, 0.2) is 114 Å². The molecule has 0 saturated carbocycles. The van der Waals surface area contributed by atoms with E-state index in [1.54, 1.807) is 42.5 Å². The molecule has 0 unspecified atom stereocenters. The first kappa shape index (κ1) is 33.3. The number of halogens is 1. The molecule has 47 heavy (non-hydrogen) atoms. The number of nitrogens with one attached hydrogen (secondary N) is 1. The van der Waals surface area contributed by atoms with E-state index >= 15 is 0 Å². The van der Waals surface area contributed by atoms with Gasteiger partial charge in [0.1, 0.15) is 11.5 Å². The third kappa shape index (κ3) is 8.79. The lowest BCUT2D eigenvalue weighted by Crippen LogP contribution is -2.28. The van der Waals surface area contributed by atoms with Crippen LogP contribution >= 0.6 is 27.7 Å². The summed E-state index contributed by atoms with van der Waals surface area (Å²) in [5.74, 6) is -0.0861. The Kier molecular flexibility index (Phi) is 10.3. The number of benzene rings is 3. The summed E-state index contributed by atoms with van der Waals surface area (Å²) in [4.78, 5) is 38.3. The number of non-ortho nitro benzene ring substituents is 1. The zero-order chi connectivity index (χ0) is 33.6. The standard InChI is InChI=1S/C30H23BrN6O8S2/c31-21-6-11-26(45-18-28(38)34-22-7-9-25(10-8-22)47(32,42)43)20(14-21)15-27-29(39)36(17-24-5-2-12-44-24)30(46-27)35-33-16-19-3-1-4-23(13-19)37(40)41/h1-16H,17-18H2,(H,34,38)(H2,32,42,43)/b27-15-,33-16-,35-30+. The molecule has 1 aliphatic rings. The van der Waals surface area contributed by atoms with Gasteiger partial charge in [0.05, 0.1) is 33.7 Å². The molecule has 5 rings (SSSR count). The van der Waals surface area contributed by atoms with Crippen molar-refractivity contribution in [3.63, 3.8) is 0 Å². The van der Waals surface area contributed by atoms with Crippen LogP contribution in [-0.2, 0) is 26.2 Å². The van der Waals surface area contributed by atoms with Crippen LogP contribution < -0.4 is 15.2 Å². The number of nitrogens with two attached hydrogens (primary N) is 1. The third-order valence-corrected chi connectivity index (χ3v) is 8.72. The number of amidine groups is 1. The molecular formula is C30H23BrN6O8S2. The van der Waals surface area contributed by atoms with E-state index < -0.39 is 20.9 Å². The van der Waals surface area contributed by atoms with Crippen molar-refractivity contribution in [3.05, 3.63) is 122 Å². The molecule has 4 aromatic rings. The van der Waals surface area contributed by atoms with Crippen LogP contribution in [0.3, 0.4) is 0 Å². The number of hydrogen-bond acceptors (Lipinski definition) is 11. The van der Waals surface area contributed by atoms with Crippen molar-refractivity contribution in [2.45, 2.75) is 11.4 Å². The van der Waals surface area contributed by atoms with Crippen LogP contribution in [0.2, 0.25) is 0 Å². The molecule has 1 fully saturated rings. The molecule has 0 spiro atoms. The second-order valence-corrected chi connectivity index (χ2v) is 13.1. The van der Waals surface area contributed by atoms with Crippen molar-refractivity contribution in [1.82, 2.24) is 4.90 Å². The Balaban J connectivity index is 1.35. The van der Waals surface area contributed by atoms with E-state index in [2.05, 4.69) is 31.4 Å². The molecule has 1 aromatic heterocycles. The number of rotatable bonds is 11. The molecule has 1 saturated heterocycles. The Morgan fingerprint density at radius 2 is 1.91 bits per heavy atom. The van der Waals surface area contributed by atoms with Gasteiger partial charge >= 0.3 is 0 Å². The summed E-state index contributed by atoms with van der Waals surface area (Å²) in [5.41, 5.74) is 1.18. The molecule has 1 aliphatic heterocycles. The SMILES string of the molecule is NS(=O)(=O)c1ccc(NC(=O)COc2ccc(Br)cc2/C=C2\S/C(=N/N=C\c3cccc([N+](=O)[O-])c3)N(Cc3ccco3)C2=O)cc1. The number of thioether (sulfide) groups is 1. The van der Waals surface area contributed by atoms with Gasteiger partial charge in [0.15, 0.2) is 11.8 Å². The maximum atomic E-state index is 13.6. The smallest absolute Gasteiger partial charge is 0.270 e. The minimum Gasteiger partial charge on any atom is -0.483 e. The van der Waals surface area contributed by atoms with Crippen LogP contribution in [0.5, 0.6) is 5.75 Å².